The maximum Gasteiger partial charge on any atom is 0.335 e. The molecule has 8 nitrogen and oxygen atoms in total. The Labute approximate surface area is 197 Å². The van der Waals surface area contributed by atoms with Crippen LogP contribution in [-0.4, -0.2) is 38.7 Å². The molecule has 10 heteroatoms. The third kappa shape index (κ3) is 4.87. The Morgan fingerprint density at radius 3 is 2.67 bits per heavy atom. The molecule has 174 valence electrons. The van der Waals surface area contributed by atoms with E-state index in [1.165, 1.54) is 18.2 Å². The Morgan fingerprint density at radius 1 is 1.18 bits per heavy atom. The van der Waals surface area contributed by atoms with Gasteiger partial charge in [0, 0.05) is 12.6 Å². The van der Waals surface area contributed by atoms with Crippen LogP contribution < -0.4 is 14.4 Å². The van der Waals surface area contributed by atoms with Gasteiger partial charge in [-0.3, -0.25) is 4.72 Å². The average molecular weight is 490 g/mol. The number of benzene rings is 2. The molecule has 0 spiro atoms. The fourth-order valence-electron chi connectivity index (χ4n) is 4.42. The van der Waals surface area contributed by atoms with Crippen LogP contribution in [0.4, 0.5) is 11.4 Å². The highest BCUT2D eigenvalue weighted by Gasteiger charge is 2.29. The minimum Gasteiger partial charge on any atom is -0.492 e. The summed E-state index contributed by atoms with van der Waals surface area (Å²) < 4.78 is 35.3. The maximum absolute atomic E-state index is 13.5. The second kappa shape index (κ2) is 9.49. The number of ether oxygens (including phenoxy) is 1. The van der Waals surface area contributed by atoms with Gasteiger partial charge in [-0.2, -0.15) is 5.26 Å². The van der Waals surface area contributed by atoms with Crippen molar-refractivity contribution in [3.05, 3.63) is 46.5 Å². The summed E-state index contributed by atoms with van der Waals surface area (Å²) >= 11 is 6.34. The monoisotopic (exact) mass is 489 g/mol. The van der Waals surface area contributed by atoms with E-state index in [9.17, 15) is 23.6 Å². The molecule has 2 aliphatic rings. The van der Waals surface area contributed by atoms with E-state index >= 15 is 0 Å². The summed E-state index contributed by atoms with van der Waals surface area (Å²) in [5.74, 6) is -1.16. The van der Waals surface area contributed by atoms with Gasteiger partial charge in [0.2, 0.25) is 0 Å². The van der Waals surface area contributed by atoms with Gasteiger partial charge in [0.1, 0.15) is 16.7 Å². The second-order valence-electron chi connectivity index (χ2n) is 8.22. The number of halogens is 1. The van der Waals surface area contributed by atoms with E-state index in [4.69, 9.17) is 16.3 Å². The van der Waals surface area contributed by atoms with Crippen molar-refractivity contribution in [2.45, 2.75) is 49.5 Å². The van der Waals surface area contributed by atoms with Gasteiger partial charge < -0.3 is 14.7 Å². The number of nitrogens with one attached hydrogen (secondary N) is 1. The van der Waals surface area contributed by atoms with Crippen LogP contribution in [0.2, 0.25) is 5.02 Å². The predicted octanol–water partition coefficient (Wildman–Crippen LogP) is 4.63. The number of sulfonamides is 1. The first-order valence-electron chi connectivity index (χ1n) is 10.8. The molecule has 0 saturated carbocycles. The van der Waals surface area contributed by atoms with E-state index in [0.29, 0.717) is 12.3 Å². The van der Waals surface area contributed by atoms with Crippen LogP contribution >= 0.6 is 11.6 Å². The standard InChI is InChI=1S/C23H24ClN3O5S/c24-18-13-20-19(11-16(18)14-25)26-33(30,31)22-12-15(23(28)29)7-8-21(22)32-10-4-2-6-17-5-1-3-9-27(17)20/h7-8,11-13,17,26H,1-6,9-10H2,(H,28,29). The number of carboxylic acids is 1. The summed E-state index contributed by atoms with van der Waals surface area (Å²) in [5.41, 5.74) is 0.820. The summed E-state index contributed by atoms with van der Waals surface area (Å²) in [7, 11) is -4.24. The minimum atomic E-state index is -4.24. The SMILES string of the molecule is N#Cc1cc2c(cc1Cl)N1CCCCC1CCCCOc1ccc(C(=O)O)cc1S(=O)(=O)N2. The molecule has 2 aliphatic heterocycles. The number of nitrogens with zero attached hydrogens (tertiary/aromatic N) is 2. The lowest BCUT2D eigenvalue weighted by Gasteiger charge is -2.39. The van der Waals surface area contributed by atoms with Crippen molar-refractivity contribution in [3.8, 4) is 11.8 Å². The van der Waals surface area contributed by atoms with Crippen LogP contribution in [0.25, 0.3) is 0 Å². The number of nitriles is 1. The molecule has 0 aliphatic carbocycles. The number of rotatable bonds is 1. The Balaban J connectivity index is 1.88. The summed E-state index contributed by atoms with van der Waals surface area (Å²) in [6.07, 6.45) is 5.58. The van der Waals surface area contributed by atoms with Crippen molar-refractivity contribution in [3.63, 3.8) is 0 Å². The third-order valence-corrected chi connectivity index (χ3v) is 7.76. The molecule has 2 aromatic carbocycles. The highest BCUT2D eigenvalue weighted by atomic mass is 35.5. The van der Waals surface area contributed by atoms with Crippen LogP contribution in [0.15, 0.2) is 35.2 Å². The topological polar surface area (TPSA) is 120 Å². The van der Waals surface area contributed by atoms with Crippen molar-refractivity contribution in [1.82, 2.24) is 0 Å². The fourth-order valence-corrected chi connectivity index (χ4v) is 5.86. The van der Waals surface area contributed by atoms with Gasteiger partial charge in [-0.1, -0.05) is 11.6 Å². The Bertz CT molecular complexity index is 1230. The highest BCUT2D eigenvalue weighted by Crippen LogP contribution is 2.39. The van der Waals surface area contributed by atoms with Gasteiger partial charge in [-0.05, 0) is 68.9 Å². The first kappa shape index (κ1) is 23.2. The van der Waals surface area contributed by atoms with E-state index in [-0.39, 0.29) is 38.5 Å². The second-order valence-corrected chi connectivity index (χ2v) is 10.3. The molecule has 0 radical (unpaired) electrons. The zero-order valence-corrected chi connectivity index (χ0v) is 19.5. The molecule has 1 atom stereocenters. The quantitative estimate of drug-likeness (QED) is 0.599. The molecule has 0 amide bonds. The number of carbonyl (C=O) groups is 1. The first-order chi connectivity index (χ1) is 15.8. The van der Waals surface area contributed by atoms with Crippen molar-refractivity contribution < 1.29 is 23.1 Å². The molecule has 33 heavy (non-hydrogen) atoms. The van der Waals surface area contributed by atoms with Gasteiger partial charge in [0.05, 0.1) is 34.1 Å². The van der Waals surface area contributed by atoms with Gasteiger partial charge in [-0.25, -0.2) is 13.2 Å². The molecule has 1 fully saturated rings. The van der Waals surface area contributed by atoms with Gasteiger partial charge >= 0.3 is 5.97 Å². The largest absolute Gasteiger partial charge is 0.492 e. The molecule has 2 aromatic rings. The number of carboxylic acid groups (broad SMARTS) is 1. The van der Waals surface area contributed by atoms with Crippen LogP contribution in [0.1, 0.15) is 54.4 Å². The Morgan fingerprint density at radius 2 is 1.94 bits per heavy atom. The first-order valence-corrected chi connectivity index (χ1v) is 12.7. The molecule has 0 bridgehead atoms. The van der Waals surface area contributed by atoms with Crippen LogP contribution in [-0.2, 0) is 10.0 Å². The Hall–Kier alpha value is -2.96. The van der Waals surface area contributed by atoms with Crippen molar-refractivity contribution in [2.75, 3.05) is 22.8 Å². The number of aromatic carboxylic acids is 1. The summed E-state index contributed by atoms with van der Waals surface area (Å²) in [6.45, 7) is 1.07. The molecule has 1 saturated heterocycles. The summed E-state index contributed by atoms with van der Waals surface area (Å²) in [6, 6.07) is 9.05. The molecule has 2 N–H and O–H groups in total. The van der Waals surface area contributed by atoms with Gasteiger partial charge in [0.25, 0.3) is 10.0 Å². The third-order valence-electron chi connectivity index (χ3n) is 6.06. The number of hydrogen-bond acceptors (Lipinski definition) is 6. The lowest BCUT2D eigenvalue weighted by molar-refractivity contribution is 0.0696. The van der Waals surface area contributed by atoms with Gasteiger partial charge in [0.15, 0.2) is 0 Å². The molecular weight excluding hydrogens is 466 g/mol. The molecule has 0 aromatic heterocycles. The molecule has 1 unspecified atom stereocenters. The predicted molar refractivity (Wildman–Crippen MR) is 125 cm³/mol. The fraction of sp³-hybridized carbons (Fsp3) is 0.391. The smallest absolute Gasteiger partial charge is 0.335 e. The van der Waals surface area contributed by atoms with Crippen molar-refractivity contribution >= 4 is 39.0 Å². The zero-order chi connectivity index (χ0) is 23.6. The minimum absolute atomic E-state index is 0.0838. The van der Waals surface area contributed by atoms with E-state index in [1.54, 1.807) is 6.07 Å². The van der Waals surface area contributed by atoms with E-state index in [2.05, 4.69) is 9.62 Å². The zero-order valence-electron chi connectivity index (χ0n) is 17.9. The van der Waals surface area contributed by atoms with Crippen LogP contribution in [0.3, 0.4) is 0 Å². The van der Waals surface area contributed by atoms with Crippen molar-refractivity contribution in [1.29, 1.82) is 5.26 Å². The molecule has 2 heterocycles. The molecule has 4 rings (SSSR count). The lowest BCUT2D eigenvalue weighted by Crippen LogP contribution is -2.40. The number of anilines is 2. The normalized spacial score (nSPS) is 20.1. The highest BCUT2D eigenvalue weighted by molar-refractivity contribution is 7.92. The van der Waals surface area contributed by atoms with E-state index in [1.807, 2.05) is 6.07 Å². The van der Waals surface area contributed by atoms with E-state index in [0.717, 1.165) is 51.1 Å². The Kier molecular flexibility index (Phi) is 6.68. The average Bonchev–Trinajstić information content (AvgIpc) is 2.80. The lowest BCUT2D eigenvalue weighted by atomic mass is 9.96. The van der Waals surface area contributed by atoms with E-state index < -0.39 is 16.0 Å². The van der Waals surface area contributed by atoms with Crippen LogP contribution in [0.5, 0.6) is 5.75 Å². The van der Waals surface area contributed by atoms with Gasteiger partial charge in [-0.15, -0.1) is 0 Å². The number of fused-ring (bicyclic) bond motifs is 4. The van der Waals surface area contributed by atoms with Crippen LogP contribution in [0, 0.1) is 11.3 Å². The number of piperidine rings is 1. The number of hydrogen-bond donors (Lipinski definition) is 2. The summed E-state index contributed by atoms with van der Waals surface area (Å²) in [4.78, 5) is 13.4. The van der Waals surface area contributed by atoms with Crippen molar-refractivity contribution in [2.24, 2.45) is 0 Å². The summed E-state index contributed by atoms with van der Waals surface area (Å²) in [5, 5.41) is 19.1. The molecular formula is C23H24ClN3O5S. The maximum atomic E-state index is 13.5.